The van der Waals surface area contributed by atoms with Gasteiger partial charge in [0.15, 0.2) is 0 Å². The number of nitrogens with two attached hydrogens (primary N) is 1. The summed E-state index contributed by atoms with van der Waals surface area (Å²) in [6.45, 7) is 7.36. The monoisotopic (exact) mass is 262 g/mol. The van der Waals surface area contributed by atoms with E-state index >= 15 is 0 Å². The minimum Gasteiger partial charge on any atom is -0.494 e. The highest BCUT2D eigenvalue weighted by Crippen LogP contribution is 2.22. The van der Waals surface area contributed by atoms with Crippen LogP contribution in [0, 0.1) is 5.92 Å². The molecule has 1 saturated heterocycles. The largest absolute Gasteiger partial charge is 0.494 e. The van der Waals surface area contributed by atoms with Crippen molar-refractivity contribution in [1.29, 1.82) is 0 Å². The molecule has 2 rings (SSSR count). The van der Waals surface area contributed by atoms with Crippen LogP contribution in [0.25, 0.3) is 0 Å². The van der Waals surface area contributed by atoms with E-state index in [4.69, 9.17) is 10.5 Å². The van der Waals surface area contributed by atoms with Crippen molar-refractivity contribution in [3.63, 3.8) is 0 Å². The summed E-state index contributed by atoms with van der Waals surface area (Å²) in [5, 5.41) is 0. The molecule has 0 unspecified atom stereocenters. The summed E-state index contributed by atoms with van der Waals surface area (Å²) in [6, 6.07) is 8.84. The molecular formula is C16H26N2O. The van der Waals surface area contributed by atoms with Crippen LogP contribution in [0.1, 0.15) is 33.1 Å². The van der Waals surface area contributed by atoms with E-state index in [0.29, 0.717) is 12.0 Å². The second-order valence-corrected chi connectivity index (χ2v) is 5.85. The summed E-state index contributed by atoms with van der Waals surface area (Å²) in [4.78, 5) is 2.40. The fraction of sp³-hybridized carbons (Fsp3) is 0.625. The summed E-state index contributed by atoms with van der Waals surface area (Å²) < 4.78 is 5.74. The molecule has 19 heavy (non-hydrogen) atoms. The number of benzene rings is 1. The molecule has 3 heteroatoms. The lowest BCUT2D eigenvalue weighted by Gasteiger charge is -2.32. The van der Waals surface area contributed by atoms with Crippen LogP contribution in [0.15, 0.2) is 24.3 Å². The van der Waals surface area contributed by atoms with Crippen LogP contribution in [0.4, 0.5) is 5.69 Å². The highest BCUT2D eigenvalue weighted by atomic mass is 16.5. The van der Waals surface area contributed by atoms with Crippen molar-refractivity contribution in [2.24, 2.45) is 11.7 Å². The number of hydrogen-bond acceptors (Lipinski definition) is 3. The maximum atomic E-state index is 5.93. The van der Waals surface area contributed by atoms with Gasteiger partial charge in [-0.1, -0.05) is 13.8 Å². The number of anilines is 1. The fourth-order valence-electron chi connectivity index (χ4n) is 2.32. The molecule has 3 nitrogen and oxygen atoms in total. The Labute approximate surface area is 116 Å². The molecule has 0 saturated carbocycles. The minimum atomic E-state index is 0.384. The molecule has 1 aliphatic heterocycles. The molecule has 1 aliphatic rings. The molecule has 1 fully saturated rings. The van der Waals surface area contributed by atoms with Crippen LogP contribution in [-0.4, -0.2) is 25.7 Å². The van der Waals surface area contributed by atoms with Gasteiger partial charge in [0.05, 0.1) is 6.61 Å². The first-order valence-electron chi connectivity index (χ1n) is 7.38. The van der Waals surface area contributed by atoms with Gasteiger partial charge in [-0.3, -0.25) is 0 Å². The van der Waals surface area contributed by atoms with Crippen LogP contribution in [0.2, 0.25) is 0 Å². The van der Waals surface area contributed by atoms with Gasteiger partial charge in [0.1, 0.15) is 5.75 Å². The lowest BCUT2D eigenvalue weighted by molar-refractivity contribution is 0.289. The normalized spacial score (nSPS) is 16.9. The maximum absolute atomic E-state index is 5.93. The van der Waals surface area contributed by atoms with Crippen LogP contribution in [-0.2, 0) is 0 Å². The smallest absolute Gasteiger partial charge is 0.119 e. The lowest BCUT2D eigenvalue weighted by Crippen LogP contribution is -2.39. The number of rotatable bonds is 5. The summed E-state index contributed by atoms with van der Waals surface area (Å²) in [6.07, 6.45) is 3.28. The zero-order chi connectivity index (χ0) is 13.7. The topological polar surface area (TPSA) is 38.5 Å². The van der Waals surface area contributed by atoms with Crippen LogP contribution in [0.5, 0.6) is 5.75 Å². The van der Waals surface area contributed by atoms with E-state index in [1.165, 1.54) is 5.69 Å². The Bertz CT molecular complexity index is 367. The minimum absolute atomic E-state index is 0.384. The van der Waals surface area contributed by atoms with E-state index in [0.717, 1.165) is 44.7 Å². The highest BCUT2D eigenvalue weighted by molar-refractivity contribution is 5.49. The Morgan fingerprint density at radius 1 is 1.21 bits per heavy atom. The number of nitrogens with zero attached hydrogens (tertiary/aromatic N) is 1. The number of piperidine rings is 1. The maximum Gasteiger partial charge on any atom is 0.119 e. The Morgan fingerprint density at radius 2 is 1.84 bits per heavy atom. The van der Waals surface area contributed by atoms with Crippen LogP contribution in [0.3, 0.4) is 0 Å². The molecule has 0 amide bonds. The fourth-order valence-corrected chi connectivity index (χ4v) is 2.32. The molecule has 0 radical (unpaired) electrons. The van der Waals surface area contributed by atoms with Gasteiger partial charge in [0.2, 0.25) is 0 Å². The standard InChI is InChI=1S/C16H26N2O/c1-13(2)9-12-19-16-5-3-15(4-6-16)18-10-7-14(17)8-11-18/h3-6,13-14H,7-12,17H2,1-2H3. The molecule has 0 atom stereocenters. The summed E-state index contributed by atoms with van der Waals surface area (Å²) >= 11 is 0. The number of hydrogen-bond donors (Lipinski definition) is 1. The predicted octanol–water partition coefficient (Wildman–Crippen LogP) is 3.04. The molecule has 1 heterocycles. The van der Waals surface area contributed by atoms with E-state index in [9.17, 15) is 0 Å². The van der Waals surface area contributed by atoms with Gasteiger partial charge in [-0.25, -0.2) is 0 Å². The molecule has 1 aromatic carbocycles. The molecular weight excluding hydrogens is 236 g/mol. The Kier molecular flexibility index (Phi) is 5.08. The Balaban J connectivity index is 1.84. The first-order chi connectivity index (χ1) is 9.15. The molecule has 1 aromatic rings. The Hall–Kier alpha value is -1.22. The van der Waals surface area contributed by atoms with E-state index in [-0.39, 0.29) is 0 Å². The van der Waals surface area contributed by atoms with E-state index in [2.05, 4.69) is 43.0 Å². The summed E-state index contributed by atoms with van der Waals surface area (Å²) in [5.74, 6) is 1.66. The van der Waals surface area contributed by atoms with E-state index < -0.39 is 0 Å². The van der Waals surface area contributed by atoms with Crippen molar-refractivity contribution < 1.29 is 4.74 Å². The number of ether oxygens (including phenoxy) is 1. The van der Waals surface area contributed by atoms with Crippen molar-refractivity contribution >= 4 is 5.69 Å². The van der Waals surface area contributed by atoms with Crippen LogP contribution < -0.4 is 15.4 Å². The second kappa shape index (κ2) is 6.80. The van der Waals surface area contributed by atoms with Crippen molar-refractivity contribution in [1.82, 2.24) is 0 Å². The van der Waals surface area contributed by atoms with Crippen molar-refractivity contribution in [3.05, 3.63) is 24.3 Å². The van der Waals surface area contributed by atoms with Gasteiger partial charge in [-0.2, -0.15) is 0 Å². The highest BCUT2D eigenvalue weighted by Gasteiger charge is 2.16. The third-order valence-electron chi connectivity index (χ3n) is 3.71. The first kappa shape index (κ1) is 14.2. The average Bonchev–Trinajstić information content (AvgIpc) is 2.40. The van der Waals surface area contributed by atoms with Gasteiger partial charge < -0.3 is 15.4 Å². The molecule has 0 aliphatic carbocycles. The zero-order valence-electron chi connectivity index (χ0n) is 12.1. The third-order valence-corrected chi connectivity index (χ3v) is 3.71. The molecule has 0 aromatic heterocycles. The first-order valence-corrected chi connectivity index (χ1v) is 7.38. The Morgan fingerprint density at radius 3 is 2.42 bits per heavy atom. The quantitative estimate of drug-likeness (QED) is 0.886. The summed E-state index contributed by atoms with van der Waals surface area (Å²) in [7, 11) is 0. The van der Waals surface area contributed by atoms with Gasteiger partial charge in [-0.15, -0.1) is 0 Å². The zero-order valence-corrected chi connectivity index (χ0v) is 12.1. The summed E-state index contributed by atoms with van der Waals surface area (Å²) in [5.41, 5.74) is 7.21. The van der Waals surface area contributed by atoms with Crippen molar-refractivity contribution in [2.75, 3.05) is 24.6 Å². The lowest BCUT2D eigenvalue weighted by atomic mass is 10.1. The third kappa shape index (κ3) is 4.43. The average molecular weight is 262 g/mol. The molecule has 2 N–H and O–H groups in total. The molecule has 0 bridgehead atoms. The predicted molar refractivity (Wildman–Crippen MR) is 80.8 cm³/mol. The second-order valence-electron chi connectivity index (χ2n) is 5.85. The van der Waals surface area contributed by atoms with Gasteiger partial charge in [-0.05, 0) is 49.4 Å². The van der Waals surface area contributed by atoms with Gasteiger partial charge >= 0.3 is 0 Å². The van der Waals surface area contributed by atoms with E-state index in [1.54, 1.807) is 0 Å². The van der Waals surface area contributed by atoms with Gasteiger partial charge in [0.25, 0.3) is 0 Å². The SMILES string of the molecule is CC(C)CCOc1ccc(N2CCC(N)CC2)cc1. The van der Waals surface area contributed by atoms with Crippen LogP contribution >= 0.6 is 0 Å². The molecule has 0 spiro atoms. The van der Waals surface area contributed by atoms with Crippen molar-refractivity contribution in [3.8, 4) is 5.75 Å². The molecule has 106 valence electrons. The van der Waals surface area contributed by atoms with E-state index in [1.807, 2.05) is 0 Å². The van der Waals surface area contributed by atoms with Crippen molar-refractivity contribution in [2.45, 2.75) is 39.2 Å². The van der Waals surface area contributed by atoms with Gasteiger partial charge in [0, 0.05) is 24.8 Å².